The van der Waals surface area contributed by atoms with E-state index < -0.39 is 0 Å². The van der Waals surface area contributed by atoms with Gasteiger partial charge in [0.15, 0.2) is 5.76 Å². The van der Waals surface area contributed by atoms with Crippen LogP contribution in [0.3, 0.4) is 0 Å². The van der Waals surface area contributed by atoms with E-state index >= 15 is 0 Å². The lowest BCUT2D eigenvalue weighted by molar-refractivity contribution is 0.0950. The summed E-state index contributed by atoms with van der Waals surface area (Å²) in [5.74, 6) is 2.29. The van der Waals surface area contributed by atoms with Gasteiger partial charge in [0.2, 0.25) is 5.78 Å². The molecule has 174 valence electrons. The first-order valence-electron chi connectivity index (χ1n) is 11.1. The Bertz CT molecular complexity index is 1270. The zero-order valence-electron chi connectivity index (χ0n) is 18.6. The van der Waals surface area contributed by atoms with Gasteiger partial charge in [-0.15, -0.1) is 0 Å². The first kappa shape index (κ1) is 22.8. The van der Waals surface area contributed by atoms with Crippen LogP contribution in [0.15, 0.2) is 60.4 Å². The van der Waals surface area contributed by atoms with Gasteiger partial charge < -0.3 is 14.2 Å². The molecule has 3 aromatic rings. The summed E-state index contributed by atoms with van der Waals surface area (Å²) in [7, 11) is 0. The fourth-order valence-electron chi connectivity index (χ4n) is 4.13. The number of nitrogens with zero attached hydrogens (tertiary/aromatic N) is 1. The molecule has 34 heavy (non-hydrogen) atoms. The van der Waals surface area contributed by atoms with Crippen molar-refractivity contribution in [2.45, 2.75) is 19.9 Å². The topological polar surface area (TPSA) is 48.0 Å². The monoisotopic (exact) mass is 495 g/mol. The Morgan fingerprint density at radius 1 is 1.09 bits per heavy atom. The van der Waals surface area contributed by atoms with E-state index in [-0.39, 0.29) is 5.78 Å². The van der Waals surface area contributed by atoms with Gasteiger partial charge in [-0.3, -0.25) is 9.69 Å². The van der Waals surface area contributed by atoms with Crippen LogP contribution in [-0.2, 0) is 13.0 Å². The Kier molecular flexibility index (Phi) is 6.50. The average molecular weight is 496 g/mol. The number of rotatable bonds is 6. The van der Waals surface area contributed by atoms with Crippen molar-refractivity contribution >= 4 is 35.1 Å². The second-order valence-corrected chi connectivity index (χ2v) is 9.02. The number of hydrogen-bond donors (Lipinski definition) is 0. The summed E-state index contributed by atoms with van der Waals surface area (Å²) in [4.78, 5) is 15.2. The molecule has 0 aromatic heterocycles. The first-order valence-corrected chi connectivity index (χ1v) is 11.9. The van der Waals surface area contributed by atoms with Crippen molar-refractivity contribution in [3.05, 3.63) is 92.7 Å². The van der Waals surface area contributed by atoms with Crippen LogP contribution in [0.4, 0.5) is 0 Å². The maximum absolute atomic E-state index is 13.0. The first-order chi connectivity index (χ1) is 16.5. The third kappa shape index (κ3) is 4.64. The van der Waals surface area contributed by atoms with Crippen LogP contribution in [0.25, 0.3) is 6.08 Å². The summed E-state index contributed by atoms with van der Waals surface area (Å²) in [5, 5.41) is 1.28. The molecule has 0 N–H and O–H groups in total. The summed E-state index contributed by atoms with van der Waals surface area (Å²) in [6.45, 7) is 4.37. The number of carbonyl (C=O) groups is 1. The number of benzene rings is 3. The van der Waals surface area contributed by atoms with Gasteiger partial charge in [-0.05, 0) is 66.9 Å². The van der Waals surface area contributed by atoms with Gasteiger partial charge in [0, 0.05) is 23.1 Å². The number of carbonyl (C=O) groups excluding carboxylic acids is 1. The smallest absolute Gasteiger partial charge is 0.231 e. The molecular weight excluding hydrogens is 473 g/mol. The van der Waals surface area contributed by atoms with E-state index in [0.29, 0.717) is 47.0 Å². The molecule has 3 aromatic carbocycles. The van der Waals surface area contributed by atoms with Crippen molar-refractivity contribution in [2.24, 2.45) is 0 Å². The fourth-order valence-corrected chi connectivity index (χ4v) is 4.63. The minimum absolute atomic E-state index is 0.128. The van der Waals surface area contributed by atoms with E-state index in [9.17, 15) is 4.79 Å². The minimum atomic E-state index is -0.128. The number of fused-ring (bicyclic) bond motifs is 3. The molecule has 5 nitrogen and oxygen atoms in total. The second-order valence-electron chi connectivity index (χ2n) is 8.17. The van der Waals surface area contributed by atoms with Gasteiger partial charge in [-0.2, -0.15) is 0 Å². The molecule has 5 rings (SSSR count). The maximum Gasteiger partial charge on any atom is 0.231 e. The largest absolute Gasteiger partial charge is 0.494 e. The van der Waals surface area contributed by atoms with Crippen molar-refractivity contribution < 1.29 is 19.0 Å². The number of Topliss-reactive ketones (excluding diaryl/α,β-unsaturated/α-hetero) is 1. The quantitative estimate of drug-likeness (QED) is 0.370. The molecule has 2 aliphatic rings. The number of halogens is 2. The Hall–Kier alpha value is -2.99. The zero-order valence-corrected chi connectivity index (χ0v) is 20.2. The van der Waals surface area contributed by atoms with Crippen LogP contribution in [0.1, 0.15) is 34.0 Å². The van der Waals surface area contributed by atoms with Crippen LogP contribution >= 0.6 is 23.2 Å². The lowest BCUT2D eigenvalue weighted by Crippen LogP contribution is -2.33. The summed E-state index contributed by atoms with van der Waals surface area (Å²) in [5.41, 5.74) is 3.34. The highest BCUT2D eigenvalue weighted by molar-refractivity contribution is 6.35. The Labute approximate surface area is 208 Å². The SMILES string of the molecule is CCOc1ccc(/C=C2\Oc3c(ccc4c3CN(CCc3ccc(Cl)cc3Cl)CO4)C2=O)cc1. The summed E-state index contributed by atoms with van der Waals surface area (Å²) >= 11 is 12.3. The van der Waals surface area contributed by atoms with E-state index in [1.165, 1.54) is 0 Å². The van der Waals surface area contributed by atoms with Crippen LogP contribution in [0, 0.1) is 0 Å². The predicted octanol–water partition coefficient (Wildman–Crippen LogP) is 6.40. The van der Waals surface area contributed by atoms with E-state index in [1.54, 1.807) is 18.2 Å². The van der Waals surface area contributed by atoms with Crippen LogP contribution in [-0.4, -0.2) is 30.6 Å². The van der Waals surface area contributed by atoms with E-state index in [4.69, 9.17) is 37.4 Å². The molecule has 0 amide bonds. The normalized spacial score (nSPS) is 16.1. The molecule has 0 saturated heterocycles. The third-order valence-corrected chi connectivity index (χ3v) is 6.47. The lowest BCUT2D eigenvalue weighted by atomic mass is 10.0. The van der Waals surface area contributed by atoms with Gasteiger partial charge in [0.1, 0.15) is 24.0 Å². The van der Waals surface area contributed by atoms with Crippen LogP contribution in [0.5, 0.6) is 17.2 Å². The summed E-state index contributed by atoms with van der Waals surface area (Å²) in [6.07, 6.45) is 2.51. The molecule has 0 fully saturated rings. The number of ketones is 1. The van der Waals surface area contributed by atoms with Crippen molar-refractivity contribution in [3.63, 3.8) is 0 Å². The van der Waals surface area contributed by atoms with Crippen molar-refractivity contribution in [2.75, 3.05) is 19.9 Å². The highest BCUT2D eigenvalue weighted by Gasteiger charge is 2.33. The molecule has 0 bridgehead atoms. The third-order valence-electron chi connectivity index (χ3n) is 5.88. The minimum Gasteiger partial charge on any atom is -0.494 e. The number of ether oxygens (including phenoxy) is 3. The fraction of sp³-hybridized carbons (Fsp3) is 0.222. The Morgan fingerprint density at radius 2 is 1.91 bits per heavy atom. The van der Waals surface area contributed by atoms with Gasteiger partial charge in [0.25, 0.3) is 0 Å². The molecule has 2 heterocycles. The van der Waals surface area contributed by atoms with E-state index in [0.717, 1.165) is 41.2 Å². The highest BCUT2D eigenvalue weighted by Crippen LogP contribution is 2.42. The Morgan fingerprint density at radius 3 is 2.68 bits per heavy atom. The standard InChI is InChI=1S/C27H23Cl2NO4/c1-2-32-20-7-3-17(4-8-20)13-25-26(31)21-9-10-24-22(27(21)34-25)15-30(16-33-24)12-11-18-5-6-19(28)14-23(18)29/h3-10,13-14H,2,11-12,15-16H2,1H3/b25-13-. The van der Waals surface area contributed by atoms with Gasteiger partial charge in [0.05, 0.1) is 17.7 Å². The average Bonchev–Trinajstić information content (AvgIpc) is 3.15. The van der Waals surface area contributed by atoms with Crippen molar-refractivity contribution in [1.82, 2.24) is 4.90 Å². The van der Waals surface area contributed by atoms with Gasteiger partial charge in [-0.25, -0.2) is 0 Å². The molecule has 0 spiro atoms. The molecular formula is C27H23Cl2NO4. The van der Waals surface area contributed by atoms with Gasteiger partial charge in [-0.1, -0.05) is 41.4 Å². The Balaban J connectivity index is 1.33. The van der Waals surface area contributed by atoms with Gasteiger partial charge >= 0.3 is 0 Å². The molecule has 0 atom stereocenters. The van der Waals surface area contributed by atoms with E-state index in [2.05, 4.69) is 4.90 Å². The second kappa shape index (κ2) is 9.71. The number of allylic oxidation sites excluding steroid dienone is 1. The highest BCUT2D eigenvalue weighted by atomic mass is 35.5. The van der Waals surface area contributed by atoms with Crippen molar-refractivity contribution in [1.29, 1.82) is 0 Å². The molecule has 0 unspecified atom stereocenters. The predicted molar refractivity (Wildman–Crippen MR) is 133 cm³/mol. The molecule has 0 aliphatic carbocycles. The summed E-state index contributed by atoms with van der Waals surface area (Å²) in [6, 6.07) is 16.7. The molecule has 7 heteroatoms. The van der Waals surface area contributed by atoms with Crippen molar-refractivity contribution in [3.8, 4) is 17.2 Å². The lowest BCUT2D eigenvalue weighted by Gasteiger charge is -2.29. The zero-order chi connectivity index (χ0) is 23.7. The summed E-state index contributed by atoms with van der Waals surface area (Å²) < 4.78 is 17.5. The number of hydrogen-bond acceptors (Lipinski definition) is 5. The van der Waals surface area contributed by atoms with E-state index in [1.807, 2.05) is 49.4 Å². The molecule has 0 saturated carbocycles. The molecule has 0 radical (unpaired) electrons. The van der Waals surface area contributed by atoms with Crippen LogP contribution in [0.2, 0.25) is 10.0 Å². The van der Waals surface area contributed by atoms with Crippen LogP contribution < -0.4 is 14.2 Å². The maximum atomic E-state index is 13.0. The molecule has 2 aliphatic heterocycles.